The van der Waals surface area contributed by atoms with Gasteiger partial charge in [0.2, 0.25) is 11.8 Å². The number of hydrogen-bond acceptors (Lipinski definition) is 5. The zero-order valence-corrected chi connectivity index (χ0v) is 17.6. The molecule has 0 atom stereocenters. The molecule has 1 aromatic heterocycles. The van der Waals surface area contributed by atoms with E-state index in [0.717, 1.165) is 30.2 Å². The Bertz CT molecular complexity index is 928. The van der Waals surface area contributed by atoms with E-state index in [1.54, 1.807) is 16.7 Å². The SMILES string of the molecule is CCCCCn1c(SCC(=O)N2CCCC2=O)nc2ccc(Br)cc2c1=O. The van der Waals surface area contributed by atoms with Crippen LogP contribution < -0.4 is 5.56 Å². The number of imide groups is 1. The molecule has 6 nitrogen and oxygen atoms in total. The van der Waals surface area contributed by atoms with E-state index in [9.17, 15) is 14.4 Å². The lowest BCUT2D eigenvalue weighted by Gasteiger charge is -2.15. The number of likely N-dealkylation sites (tertiary alicyclic amines) is 1. The summed E-state index contributed by atoms with van der Waals surface area (Å²) in [7, 11) is 0. The van der Waals surface area contributed by atoms with E-state index in [0.29, 0.717) is 35.6 Å². The molecule has 2 heterocycles. The molecular formula is C19H22BrN3O3S. The van der Waals surface area contributed by atoms with Crippen molar-refractivity contribution in [3.05, 3.63) is 33.0 Å². The number of benzene rings is 1. The minimum Gasteiger partial charge on any atom is -0.287 e. The summed E-state index contributed by atoms with van der Waals surface area (Å²) in [4.78, 5) is 43.0. The molecule has 1 fully saturated rings. The highest BCUT2D eigenvalue weighted by atomic mass is 79.9. The van der Waals surface area contributed by atoms with Crippen LogP contribution in [0.5, 0.6) is 0 Å². The van der Waals surface area contributed by atoms with Gasteiger partial charge in [-0.15, -0.1) is 0 Å². The molecule has 1 aromatic carbocycles. The van der Waals surface area contributed by atoms with Crippen LogP contribution in [0.2, 0.25) is 0 Å². The predicted molar refractivity (Wildman–Crippen MR) is 110 cm³/mol. The standard InChI is InChI=1S/C19H22BrN3O3S/c1-2-3-4-9-23-18(26)14-11-13(20)7-8-15(14)21-19(23)27-12-17(25)22-10-5-6-16(22)24/h7-8,11H,2-6,9-10,12H2,1H3. The number of aromatic nitrogens is 2. The summed E-state index contributed by atoms with van der Waals surface area (Å²) < 4.78 is 2.49. The Kier molecular flexibility index (Phi) is 6.70. The van der Waals surface area contributed by atoms with Gasteiger partial charge >= 0.3 is 0 Å². The minimum atomic E-state index is -0.215. The van der Waals surface area contributed by atoms with E-state index >= 15 is 0 Å². The van der Waals surface area contributed by atoms with Crippen molar-refractivity contribution in [2.24, 2.45) is 0 Å². The number of amides is 2. The van der Waals surface area contributed by atoms with Crippen LogP contribution in [-0.2, 0) is 16.1 Å². The molecule has 0 radical (unpaired) electrons. The van der Waals surface area contributed by atoms with Gasteiger partial charge in [0.1, 0.15) is 0 Å². The van der Waals surface area contributed by atoms with Crippen molar-refractivity contribution in [2.75, 3.05) is 12.3 Å². The quantitative estimate of drug-likeness (QED) is 0.365. The molecule has 27 heavy (non-hydrogen) atoms. The number of carbonyl (C=O) groups excluding carboxylic acids is 2. The van der Waals surface area contributed by atoms with Crippen molar-refractivity contribution in [3.63, 3.8) is 0 Å². The fourth-order valence-corrected chi connectivity index (χ4v) is 4.38. The monoisotopic (exact) mass is 451 g/mol. The number of carbonyl (C=O) groups is 2. The van der Waals surface area contributed by atoms with E-state index in [1.165, 1.54) is 16.7 Å². The fraction of sp³-hybridized carbons (Fsp3) is 0.474. The number of unbranched alkanes of at least 4 members (excludes halogenated alkanes) is 2. The average molecular weight is 452 g/mol. The Balaban J connectivity index is 1.88. The molecular weight excluding hydrogens is 430 g/mol. The van der Waals surface area contributed by atoms with Gasteiger partial charge < -0.3 is 0 Å². The minimum absolute atomic E-state index is 0.0930. The van der Waals surface area contributed by atoms with Gasteiger partial charge in [-0.3, -0.25) is 23.9 Å². The first-order valence-corrected chi connectivity index (χ1v) is 10.9. The van der Waals surface area contributed by atoms with Crippen LogP contribution in [0.1, 0.15) is 39.0 Å². The maximum atomic E-state index is 13.0. The zero-order chi connectivity index (χ0) is 19.4. The van der Waals surface area contributed by atoms with Gasteiger partial charge in [0.25, 0.3) is 5.56 Å². The Labute approximate surface area is 170 Å². The number of nitrogens with zero attached hydrogens (tertiary/aromatic N) is 3. The summed E-state index contributed by atoms with van der Waals surface area (Å²) >= 11 is 4.64. The third kappa shape index (κ3) is 4.60. The van der Waals surface area contributed by atoms with E-state index in [-0.39, 0.29) is 23.1 Å². The molecule has 0 unspecified atom stereocenters. The number of thioether (sulfide) groups is 1. The molecule has 0 saturated carbocycles. The van der Waals surface area contributed by atoms with Crippen LogP contribution in [0.4, 0.5) is 0 Å². The molecule has 8 heteroatoms. The largest absolute Gasteiger partial charge is 0.287 e. The van der Waals surface area contributed by atoms with Gasteiger partial charge in [-0.25, -0.2) is 4.98 Å². The van der Waals surface area contributed by atoms with Gasteiger partial charge in [-0.05, 0) is 31.0 Å². The maximum absolute atomic E-state index is 13.0. The summed E-state index contributed by atoms with van der Waals surface area (Å²) in [5.74, 6) is -0.224. The van der Waals surface area contributed by atoms with Crippen molar-refractivity contribution < 1.29 is 9.59 Å². The lowest BCUT2D eigenvalue weighted by atomic mass is 10.2. The average Bonchev–Trinajstić information content (AvgIpc) is 3.08. The Hall–Kier alpha value is -1.67. The van der Waals surface area contributed by atoms with Crippen LogP contribution in [0.15, 0.2) is 32.6 Å². The third-order valence-corrected chi connectivity index (χ3v) is 6.02. The lowest BCUT2D eigenvalue weighted by Crippen LogP contribution is -2.33. The highest BCUT2D eigenvalue weighted by Crippen LogP contribution is 2.22. The van der Waals surface area contributed by atoms with Gasteiger partial charge in [0.15, 0.2) is 5.16 Å². The zero-order valence-electron chi connectivity index (χ0n) is 15.2. The summed E-state index contributed by atoms with van der Waals surface area (Å²) in [6, 6.07) is 5.43. The van der Waals surface area contributed by atoms with Crippen LogP contribution in [0.25, 0.3) is 10.9 Å². The first-order chi connectivity index (χ1) is 13.0. The number of rotatable bonds is 7. The van der Waals surface area contributed by atoms with E-state index in [4.69, 9.17) is 0 Å². The third-order valence-electron chi connectivity index (χ3n) is 4.57. The summed E-state index contributed by atoms with van der Waals surface area (Å²) in [6.07, 6.45) is 4.11. The van der Waals surface area contributed by atoms with Crippen molar-refractivity contribution in [1.29, 1.82) is 0 Å². The van der Waals surface area contributed by atoms with Crippen molar-refractivity contribution >= 4 is 50.4 Å². The molecule has 1 aliphatic rings. The second-order valence-electron chi connectivity index (χ2n) is 6.55. The van der Waals surface area contributed by atoms with Crippen LogP contribution in [-0.4, -0.2) is 38.6 Å². The van der Waals surface area contributed by atoms with Gasteiger partial charge in [-0.2, -0.15) is 0 Å². The number of hydrogen-bond donors (Lipinski definition) is 0. The summed E-state index contributed by atoms with van der Waals surface area (Å²) in [5, 5.41) is 1.09. The Morgan fingerprint density at radius 1 is 1.30 bits per heavy atom. The van der Waals surface area contributed by atoms with Crippen LogP contribution in [0, 0.1) is 0 Å². The summed E-state index contributed by atoms with van der Waals surface area (Å²) in [6.45, 7) is 3.17. The molecule has 144 valence electrons. The predicted octanol–water partition coefficient (Wildman–Crippen LogP) is 3.59. The molecule has 0 N–H and O–H groups in total. The molecule has 0 aliphatic carbocycles. The molecule has 2 aromatic rings. The van der Waals surface area contributed by atoms with Crippen molar-refractivity contribution in [1.82, 2.24) is 14.5 Å². The van der Waals surface area contributed by atoms with Crippen molar-refractivity contribution in [2.45, 2.75) is 50.7 Å². The lowest BCUT2D eigenvalue weighted by molar-refractivity contribution is -0.140. The Morgan fingerprint density at radius 3 is 2.81 bits per heavy atom. The first kappa shape index (κ1) is 20.1. The van der Waals surface area contributed by atoms with E-state index in [1.807, 2.05) is 6.07 Å². The normalized spacial score (nSPS) is 14.3. The molecule has 1 saturated heterocycles. The molecule has 3 rings (SSSR count). The second kappa shape index (κ2) is 9.01. The number of fused-ring (bicyclic) bond motifs is 1. The fourth-order valence-electron chi connectivity index (χ4n) is 3.12. The van der Waals surface area contributed by atoms with Crippen LogP contribution >= 0.6 is 27.7 Å². The maximum Gasteiger partial charge on any atom is 0.262 e. The highest BCUT2D eigenvalue weighted by molar-refractivity contribution is 9.10. The molecule has 2 amide bonds. The second-order valence-corrected chi connectivity index (χ2v) is 8.41. The van der Waals surface area contributed by atoms with Gasteiger partial charge in [0.05, 0.1) is 16.7 Å². The molecule has 1 aliphatic heterocycles. The van der Waals surface area contributed by atoms with Crippen LogP contribution in [0.3, 0.4) is 0 Å². The number of halogens is 1. The van der Waals surface area contributed by atoms with Gasteiger partial charge in [-0.1, -0.05) is 47.5 Å². The highest BCUT2D eigenvalue weighted by Gasteiger charge is 2.26. The first-order valence-electron chi connectivity index (χ1n) is 9.17. The summed E-state index contributed by atoms with van der Waals surface area (Å²) in [5.41, 5.74) is 0.520. The van der Waals surface area contributed by atoms with E-state index < -0.39 is 0 Å². The molecule has 0 spiro atoms. The smallest absolute Gasteiger partial charge is 0.262 e. The molecule has 0 bridgehead atoms. The van der Waals surface area contributed by atoms with Crippen molar-refractivity contribution in [3.8, 4) is 0 Å². The Morgan fingerprint density at radius 2 is 2.11 bits per heavy atom. The van der Waals surface area contributed by atoms with E-state index in [2.05, 4.69) is 27.8 Å². The van der Waals surface area contributed by atoms with Gasteiger partial charge in [0, 0.05) is 24.0 Å². The topological polar surface area (TPSA) is 72.3 Å².